The van der Waals surface area contributed by atoms with Gasteiger partial charge < -0.3 is 4.74 Å². The Kier molecular flexibility index (Phi) is 4.98. The van der Waals surface area contributed by atoms with Crippen molar-refractivity contribution in [3.63, 3.8) is 0 Å². The van der Waals surface area contributed by atoms with Crippen LogP contribution in [0.3, 0.4) is 0 Å². The van der Waals surface area contributed by atoms with Crippen LogP contribution in [-0.2, 0) is 4.83 Å². The Morgan fingerprint density at radius 1 is 1.11 bits per heavy atom. The van der Waals surface area contributed by atoms with Crippen LogP contribution in [0.5, 0.6) is 5.88 Å². The molecule has 0 fully saturated rings. The number of ether oxygens (including phenoxy) is 1. The number of alkyl halides is 6. The topological polar surface area (TPSA) is 65.2 Å². The maximum Gasteiger partial charge on any atom is 0.425 e. The van der Waals surface area contributed by atoms with Gasteiger partial charge in [0.15, 0.2) is 17.6 Å². The van der Waals surface area contributed by atoms with Crippen molar-refractivity contribution in [3.05, 3.63) is 35.8 Å². The van der Waals surface area contributed by atoms with Gasteiger partial charge in [0.05, 0.1) is 11.9 Å². The molecule has 0 aliphatic heterocycles. The maximum atomic E-state index is 14.2. The van der Waals surface area contributed by atoms with E-state index >= 15 is 0 Å². The van der Waals surface area contributed by atoms with Gasteiger partial charge in [-0.15, -0.1) is 10.2 Å². The molecular weight excluding hydrogens is 460 g/mol. The van der Waals surface area contributed by atoms with Crippen LogP contribution in [0, 0.1) is 12.7 Å². The summed E-state index contributed by atoms with van der Waals surface area (Å²) in [6.07, 6.45) is -4.79. The molecule has 0 aromatic carbocycles. The van der Waals surface area contributed by atoms with E-state index in [1.54, 1.807) is 0 Å². The molecule has 28 heavy (non-hydrogen) atoms. The molecule has 0 radical (unpaired) electrons. The molecule has 0 saturated heterocycles. The predicted molar refractivity (Wildman–Crippen MR) is 87.7 cm³/mol. The van der Waals surface area contributed by atoms with Gasteiger partial charge in [-0.1, -0.05) is 0 Å². The number of rotatable bonds is 4. The fourth-order valence-electron chi connectivity index (χ4n) is 2.38. The Labute approximate surface area is 161 Å². The van der Waals surface area contributed by atoms with Crippen LogP contribution < -0.4 is 4.74 Å². The van der Waals surface area contributed by atoms with Crippen molar-refractivity contribution < 1.29 is 31.1 Å². The van der Waals surface area contributed by atoms with Crippen molar-refractivity contribution in [3.8, 4) is 17.1 Å². The van der Waals surface area contributed by atoms with E-state index in [0.29, 0.717) is 6.92 Å². The van der Waals surface area contributed by atoms with E-state index in [1.807, 2.05) is 0 Å². The van der Waals surface area contributed by atoms with E-state index in [0.717, 1.165) is 22.9 Å². The smallest absolute Gasteiger partial charge is 0.425 e. The van der Waals surface area contributed by atoms with Gasteiger partial charge in [-0.05, 0) is 35.8 Å². The summed E-state index contributed by atoms with van der Waals surface area (Å²) < 4.78 is 84.7. The number of hydrogen-bond acceptors (Lipinski definition) is 5. The van der Waals surface area contributed by atoms with Crippen molar-refractivity contribution in [1.29, 1.82) is 0 Å². The molecule has 3 aromatic rings. The van der Waals surface area contributed by atoms with E-state index in [9.17, 15) is 26.3 Å². The zero-order valence-corrected chi connectivity index (χ0v) is 15.7. The maximum absolute atomic E-state index is 14.2. The molecule has 13 heteroatoms. The monoisotopic (exact) mass is 469 g/mol. The Morgan fingerprint density at radius 3 is 2.36 bits per heavy atom. The first kappa shape index (κ1) is 20.3. The normalized spacial score (nSPS) is 13.8. The molecule has 0 N–H and O–H groups in total. The highest BCUT2D eigenvalue weighted by Crippen LogP contribution is 2.35. The Bertz CT molecular complexity index is 1030. The Morgan fingerprint density at radius 2 is 1.79 bits per heavy atom. The number of aromatic nitrogens is 5. The Hall–Kier alpha value is -2.44. The highest BCUT2D eigenvalue weighted by atomic mass is 79.9. The third-order valence-corrected chi connectivity index (χ3v) is 4.11. The fourth-order valence-corrected chi connectivity index (χ4v) is 2.63. The van der Waals surface area contributed by atoms with Gasteiger partial charge in [-0.25, -0.2) is 9.37 Å². The number of aryl methyl sites for hydroxylation is 1. The predicted octanol–water partition coefficient (Wildman–Crippen LogP) is 4.41. The fraction of sp³-hybridized carbons (Fsp3) is 0.333. The molecule has 0 aliphatic rings. The highest BCUT2D eigenvalue weighted by molar-refractivity contribution is 9.09. The summed E-state index contributed by atoms with van der Waals surface area (Å²) in [7, 11) is 0. The highest BCUT2D eigenvalue weighted by Gasteiger charge is 2.39. The minimum absolute atomic E-state index is 0.0303. The van der Waals surface area contributed by atoms with Crippen LogP contribution >= 0.6 is 15.9 Å². The summed E-state index contributed by atoms with van der Waals surface area (Å²) in [5.41, 5.74) is 0.284. The third-order valence-electron chi connectivity index (χ3n) is 3.76. The second kappa shape index (κ2) is 6.87. The van der Waals surface area contributed by atoms with Crippen molar-refractivity contribution in [2.75, 3.05) is 0 Å². The van der Waals surface area contributed by atoms with E-state index < -0.39 is 34.6 Å². The van der Waals surface area contributed by atoms with Gasteiger partial charge in [-0.3, -0.25) is 9.38 Å². The molecule has 150 valence electrons. The van der Waals surface area contributed by atoms with Gasteiger partial charge in [-0.2, -0.15) is 22.0 Å². The van der Waals surface area contributed by atoms with Gasteiger partial charge in [0.2, 0.25) is 5.82 Å². The SMILES string of the molecule is Cc1c(-c2cnc(OC(C)C(F)(F)F)c(F)c2)ncc2nnc(C(F)(F)Br)n12. The molecule has 3 rings (SSSR count). The van der Waals surface area contributed by atoms with Crippen LogP contribution in [-0.4, -0.2) is 36.8 Å². The third kappa shape index (κ3) is 3.75. The lowest BCUT2D eigenvalue weighted by Gasteiger charge is -2.17. The number of fused-ring (bicyclic) bond motifs is 1. The van der Waals surface area contributed by atoms with Gasteiger partial charge >= 0.3 is 11.0 Å². The number of hydrogen-bond donors (Lipinski definition) is 0. The lowest BCUT2D eigenvalue weighted by molar-refractivity contribution is -0.190. The first-order valence-corrected chi connectivity index (χ1v) is 8.36. The number of pyridine rings is 1. The van der Waals surface area contributed by atoms with Crippen molar-refractivity contribution in [1.82, 2.24) is 24.6 Å². The molecule has 1 atom stereocenters. The zero-order chi connectivity index (χ0) is 20.9. The van der Waals surface area contributed by atoms with Gasteiger partial charge in [0, 0.05) is 17.5 Å². The lowest BCUT2D eigenvalue weighted by atomic mass is 10.1. The van der Waals surface area contributed by atoms with Crippen LogP contribution in [0.1, 0.15) is 18.4 Å². The van der Waals surface area contributed by atoms with Gasteiger partial charge in [0.25, 0.3) is 5.88 Å². The first-order valence-electron chi connectivity index (χ1n) is 7.57. The van der Waals surface area contributed by atoms with Crippen molar-refractivity contribution in [2.24, 2.45) is 0 Å². The molecule has 1 unspecified atom stereocenters. The summed E-state index contributed by atoms with van der Waals surface area (Å²) in [6.45, 7) is 2.14. The summed E-state index contributed by atoms with van der Waals surface area (Å²) in [4.78, 5) is 4.10. The molecule has 0 bridgehead atoms. The average Bonchev–Trinajstić information content (AvgIpc) is 3.01. The zero-order valence-electron chi connectivity index (χ0n) is 14.1. The average molecular weight is 470 g/mol. The van der Waals surface area contributed by atoms with Gasteiger partial charge in [0.1, 0.15) is 0 Å². The minimum Gasteiger partial charge on any atom is -0.463 e. The van der Waals surface area contributed by atoms with Crippen LogP contribution in [0.4, 0.5) is 26.3 Å². The molecule has 0 amide bonds. The second-order valence-electron chi connectivity index (χ2n) is 5.72. The summed E-state index contributed by atoms with van der Waals surface area (Å²) in [5.74, 6) is -2.72. The second-order valence-corrected chi connectivity index (χ2v) is 6.72. The van der Waals surface area contributed by atoms with Crippen LogP contribution in [0.25, 0.3) is 16.9 Å². The minimum atomic E-state index is -4.69. The summed E-state index contributed by atoms with van der Waals surface area (Å²) in [6, 6.07) is 0.850. The molecular formula is C15H10BrF6N5O. The number of nitrogens with zero attached hydrogens (tertiary/aromatic N) is 5. The van der Waals surface area contributed by atoms with E-state index in [-0.39, 0.29) is 22.6 Å². The first-order chi connectivity index (χ1) is 12.9. The van der Waals surface area contributed by atoms with Crippen molar-refractivity contribution >= 4 is 21.6 Å². The van der Waals surface area contributed by atoms with Crippen LogP contribution in [0.2, 0.25) is 0 Å². The van der Waals surface area contributed by atoms with E-state index in [1.165, 1.54) is 6.92 Å². The molecule has 3 heterocycles. The largest absolute Gasteiger partial charge is 0.463 e. The van der Waals surface area contributed by atoms with Crippen LogP contribution in [0.15, 0.2) is 18.5 Å². The summed E-state index contributed by atoms with van der Waals surface area (Å²) >= 11 is 2.20. The van der Waals surface area contributed by atoms with E-state index in [2.05, 4.69) is 40.8 Å². The Balaban J connectivity index is 2.04. The molecule has 0 aliphatic carbocycles. The quantitative estimate of drug-likeness (QED) is 0.418. The van der Waals surface area contributed by atoms with Crippen molar-refractivity contribution in [2.45, 2.75) is 31.0 Å². The standard InChI is InChI=1S/C15H10BrF6N5O/c1-6-11(23-5-10-25-26-13(27(6)10)14(16,18)19)8-3-9(17)12(24-4-8)28-7(2)15(20,21)22/h3-5,7H,1-2H3. The molecule has 6 nitrogen and oxygen atoms in total. The lowest BCUT2D eigenvalue weighted by Crippen LogP contribution is -2.31. The summed E-state index contributed by atoms with van der Waals surface area (Å²) in [5, 5.41) is 7.00. The molecule has 3 aromatic heterocycles. The molecule has 0 saturated carbocycles. The molecule has 0 spiro atoms. The van der Waals surface area contributed by atoms with E-state index in [4.69, 9.17) is 0 Å². The number of halogens is 7.